The molecule has 1 aromatic carbocycles. The maximum Gasteiger partial charge on any atom is 0.263 e. The number of nitrogens with zero attached hydrogens (tertiary/aromatic N) is 1. The molecular weight excluding hydrogens is 242 g/mol. The van der Waals surface area contributed by atoms with E-state index >= 15 is 0 Å². The molecule has 0 atom stereocenters. The van der Waals surface area contributed by atoms with Crippen LogP contribution in [0.1, 0.15) is 15.9 Å². The number of rotatable bonds is 3. The molecular formula is C14H15N3O2. The zero-order valence-electron chi connectivity index (χ0n) is 10.6. The summed E-state index contributed by atoms with van der Waals surface area (Å²) in [5.74, 6) is -0.351. The van der Waals surface area contributed by atoms with Gasteiger partial charge in [0.1, 0.15) is 5.56 Å². The minimum atomic E-state index is -0.351. The van der Waals surface area contributed by atoms with Gasteiger partial charge in [-0.2, -0.15) is 0 Å². The Hall–Kier alpha value is -2.40. The van der Waals surface area contributed by atoms with E-state index in [1.807, 2.05) is 18.2 Å². The number of anilines is 1. The molecule has 1 heterocycles. The van der Waals surface area contributed by atoms with Crippen LogP contribution in [0, 0.1) is 0 Å². The van der Waals surface area contributed by atoms with Crippen molar-refractivity contribution in [2.45, 2.75) is 6.54 Å². The summed E-state index contributed by atoms with van der Waals surface area (Å²) >= 11 is 0. The second-order valence-corrected chi connectivity index (χ2v) is 4.16. The molecule has 0 aliphatic rings. The van der Waals surface area contributed by atoms with Crippen LogP contribution in [0.2, 0.25) is 0 Å². The van der Waals surface area contributed by atoms with Crippen molar-refractivity contribution < 1.29 is 4.79 Å². The van der Waals surface area contributed by atoms with E-state index in [1.165, 1.54) is 23.4 Å². The van der Waals surface area contributed by atoms with Gasteiger partial charge in [0.2, 0.25) is 0 Å². The Kier molecular flexibility index (Phi) is 3.77. The van der Waals surface area contributed by atoms with Crippen LogP contribution in [0.25, 0.3) is 0 Å². The quantitative estimate of drug-likeness (QED) is 0.864. The molecule has 0 aliphatic carbocycles. The number of carbonyl (C=O) groups excluding carboxylic acids is 1. The molecule has 1 amide bonds. The fourth-order valence-electron chi connectivity index (χ4n) is 1.77. The van der Waals surface area contributed by atoms with Crippen LogP contribution in [0.15, 0.2) is 47.5 Å². The zero-order valence-corrected chi connectivity index (χ0v) is 10.6. The van der Waals surface area contributed by atoms with Gasteiger partial charge in [0.05, 0.1) is 0 Å². The highest BCUT2D eigenvalue weighted by atomic mass is 16.2. The average molecular weight is 257 g/mol. The van der Waals surface area contributed by atoms with Gasteiger partial charge in [0.25, 0.3) is 5.91 Å². The van der Waals surface area contributed by atoms with Gasteiger partial charge in [-0.25, -0.2) is 0 Å². The fraction of sp³-hybridized carbons (Fsp3) is 0.143. The number of aromatic nitrogens is 1. The Morgan fingerprint density at radius 3 is 2.84 bits per heavy atom. The summed E-state index contributed by atoms with van der Waals surface area (Å²) in [6, 6.07) is 8.67. The molecule has 0 spiro atoms. The highest BCUT2D eigenvalue weighted by Crippen LogP contribution is 2.16. The lowest BCUT2D eigenvalue weighted by atomic mass is 10.1. The number of pyridine rings is 1. The monoisotopic (exact) mass is 257 g/mol. The van der Waals surface area contributed by atoms with E-state index in [9.17, 15) is 9.59 Å². The first-order chi connectivity index (χ1) is 9.13. The van der Waals surface area contributed by atoms with E-state index in [-0.39, 0.29) is 16.9 Å². The third-order valence-corrected chi connectivity index (χ3v) is 2.89. The van der Waals surface area contributed by atoms with Crippen LogP contribution in [-0.4, -0.2) is 17.9 Å². The standard InChI is InChI=1S/C14H15N3O2/c1-17(11-4-2-3-10(7-11)8-15)14(19)12-9-16-6-5-13(12)18/h2-7,9H,8,15H2,1H3,(H,16,18). The summed E-state index contributed by atoms with van der Waals surface area (Å²) in [6.07, 6.45) is 2.90. The molecule has 98 valence electrons. The maximum atomic E-state index is 12.2. The summed E-state index contributed by atoms with van der Waals surface area (Å²) in [5.41, 5.74) is 7.02. The number of nitrogens with two attached hydrogens (primary N) is 1. The van der Waals surface area contributed by atoms with Gasteiger partial charge in [0, 0.05) is 37.7 Å². The molecule has 0 saturated carbocycles. The summed E-state index contributed by atoms with van der Waals surface area (Å²) in [7, 11) is 1.63. The van der Waals surface area contributed by atoms with Crippen LogP contribution in [-0.2, 0) is 6.54 Å². The van der Waals surface area contributed by atoms with Crippen LogP contribution in [0.3, 0.4) is 0 Å². The van der Waals surface area contributed by atoms with Crippen molar-refractivity contribution in [3.8, 4) is 0 Å². The van der Waals surface area contributed by atoms with Crippen molar-refractivity contribution in [1.82, 2.24) is 4.98 Å². The smallest absolute Gasteiger partial charge is 0.263 e. The minimum Gasteiger partial charge on any atom is -0.367 e. The van der Waals surface area contributed by atoms with Crippen molar-refractivity contribution >= 4 is 11.6 Å². The summed E-state index contributed by atoms with van der Waals surface area (Å²) < 4.78 is 0. The molecule has 1 aromatic heterocycles. The molecule has 0 aliphatic heterocycles. The van der Waals surface area contributed by atoms with Crippen LogP contribution in [0.5, 0.6) is 0 Å². The number of aromatic amines is 1. The number of benzene rings is 1. The Morgan fingerprint density at radius 1 is 1.37 bits per heavy atom. The number of hydrogen-bond acceptors (Lipinski definition) is 3. The highest BCUT2D eigenvalue weighted by Gasteiger charge is 2.16. The van der Waals surface area contributed by atoms with E-state index < -0.39 is 0 Å². The number of H-pyrrole nitrogens is 1. The first kappa shape index (κ1) is 13.0. The topological polar surface area (TPSA) is 79.2 Å². The molecule has 0 saturated heterocycles. The van der Waals surface area contributed by atoms with E-state index in [0.717, 1.165) is 5.56 Å². The van der Waals surface area contributed by atoms with E-state index in [4.69, 9.17) is 5.73 Å². The molecule has 3 N–H and O–H groups in total. The lowest BCUT2D eigenvalue weighted by Crippen LogP contribution is -2.30. The van der Waals surface area contributed by atoms with Crippen LogP contribution >= 0.6 is 0 Å². The van der Waals surface area contributed by atoms with Gasteiger partial charge in [-0.05, 0) is 17.7 Å². The van der Waals surface area contributed by atoms with Gasteiger partial charge in [-0.15, -0.1) is 0 Å². The molecule has 2 rings (SSSR count). The predicted octanol–water partition coefficient (Wildman–Crippen LogP) is 1.11. The fourth-order valence-corrected chi connectivity index (χ4v) is 1.77. The average Bonchev–Trinajstić information content (AvgIpc) is 2.46. The molecule has 0 radical (unpaired) electrons. The lowest BCUT2D eigenvalue weighted by molar-refractivity contribution is 0.0991. The van der Waals surface area contributed by atoms with Crippen molar-refractivity contribution in [2.75, 3.05) is 11.9 Å². The molecule has 0 unspecified atom stereocenters. The van der Waals surface area contributed by atoms with E-state index in [0.29, 0.717) is 12.2 Å². The number of amides is 1. The number of carbonyl (C=O) groups is 1. The summed E-state index contributed by atoms with van der Waals surface area (Å²) in [6.45, 7) is 0.405. The van der Waals surface area contributed by atoms with Gasteiger partial charge in [0.15, 0.2) is 5.43 Å². The van der Waals surface area contributed by atoms with E-state index in [1.54, 1.807) is 13.1 Å². The third kappa shape index (κ3) is 2.71. The van der Waals surface area contributed by atoms with Crippen LogP contribution in [0.4, 0.5) is 5.69 Å². The third-order valence-electron chi connectivity index (χ3n) is 2.89. The SMILES string of the molecule is CN(C(=O)c1c[nH]ccc1=O)c1cccc(CN)c1. The normalized spacial score (nSPS) is 10.2. The summed E-state index contributed by atoms with van der Waals surface area (Å²) in [4.78, 5) is 28.1. The second-order valence-electron chi connectivity index (χ2n) is 4.16. The molecule has 0 fully saturated rings. The van der Waals surface area contributed by atoms with Gasteiger partial charge < -0.3 is 15.6 Å². The molecule has 2 aromatic rings. The largest absolute Gasteiger partial charge is 0.367 e. The molecule has 5 nitrogen and oxygen atoms in total. The lowest BCUT2D eigenvalue weighted by Gasteiger charge is -2.17. The first-order valence-corrected chi connectivity index (χ1v) is 5.87. The zero-order chi connectivity index (χ0) is 13.8. The Labute approximate surface area is 110 Å². The molecule has 5 heteroatoms. The van der Waals surface area contributed by atoms with Crippen molar-refractivity contribution in [2.24, 2.45) is 5.73 Å². The molecule has 19 heavy (non-hydrogen) atoms. The van der Waals surface area contributed by atoms with Gasteiger partial charge in [-0.1, -0.05) is 12.1 Å². The van der Waals surface area contributed by atoms with Crippen LogP contribution < -0.4 is 16.1 Å². The Bertz CT molecular complexity index is 649. The first-order valence-electron chi connectivity index (χ1n) is 5.87. The maximum absolute atomic E-state index is 12.2. The highest BCUT2D eigenvalue weighted by molar-refractivity contribution is 6.05. The van der Waals surface area contributed by atoms with Gasteiger partial charge in [-0.3, -0.25) is 9.59 Å². The predicted molar refractivity (Wildman–Crippen MR) is 74.1 cm³/mol. The minimum absolute atomic E-state index is 0.114. The Morgan fingerprint density at radius 2 is 2.16 bits per heavy atom. The number of nitrogens with one attached hydrogen (secondary N) is 1. The van der Waals surface area contributed by atoms with Crippen molar-refractivity contribution in [1.29, 1.82) is 0 Å². The number of hydrogen-bond donors (Lipinski definition) is 2. The summed E-state index contributed by atoms with van der Waals surface area (Å²) in [5, 5.41) is 0. The molecule has 0 bridgehead atoms. The van der Waals surface area contributed by atoms with Crippen molar-refractivity contribution in [3.63, 3.8) is 0 Å². The second kappa shape index (κ2) is 5.49. The van der Waals surface area contributed by atoms with Gasteiger partial charge >= 0.3 is 0 Å². The Balaban J connectivity index is 2.33. The van der Waals surface area contributed by atoms with E-state index in [2.05, 4.69) is 4.98 Å². The van der Waals surface area contributed by atoms with Crippen molar-refractivity contribution in [3.05, 3.63) is 64.1 Å².